The summed E-state index contributed by atoms with van der Waals surface area (Å²) < 4.78 is 0. The average molecular weight is 230 g/mol. The van der Waals surface area contributed by atoms with Crippen molar-refractivity contribution in [3.8, 4) is 0 Å². The van der Waals surface area contributed by atoms with Gasteiger partial charge in [0.15, 0.2) is 0 Å². The van der Waals surface area contributed by atoms with Crippen molar-refractivity contribution in [3.05, 3.63) is 0 Å². The van der Waals surface area contributed by atoms with Gasteiger partial charge in [0, 0.05) is 5.72 Å². The lowest BCUT2D eigenvalue weighted by Gasteiger charge is -2.13. The summed E-state index contributed by atoms with van der Waals surface area (Å²) >= 11 is 0. The molecule has 0 fully saturated rings. The van der Waals surface area contributed by atoms with Gasteiger partial charge in [-0.05, 0) is 0 Å². The molecule has 4 N–H and O–H groups in total. The van der Waals surface area contributed by atoms with Crippen LogP contribution >= 0.6 is 0 Å². The van der Waals surface area contributed by atoms with Crippen LogP contribution in [0.25, 0.3) is 0 Å². The largest absolute Gasteiger partial charge is 0.452 e. The number of hydrogen-bond acceptors (Lipinski definition) is 4. The Balaban J connectivity index is 3.41. The molecule has 0 aliphatic carbocycles. The summed E-state index contributed by atoms with van der Waals surface area (Å²) in [7, 11) is -3.28. The minimum absolute atomic E-state index is 0.448. The van der Waals surface area contributed by atoms with E-state index in [4.69, 9.17) is 20.1 Å². The van der Waals surface area contributed by atoms with Crippen LogP contribution in [0.3, 0.4) is 0 Å². The fraction of sp³-hybridized carbons (Fsp3) is 1.00. The molecule has 0 aliphatic heterocycles. The molecule has 0 saturated carbocycles. The minimum Gasteiger partial charge on any atom is -0.427 e. The van der Waals surface area contributed by atoms with Crippen LogP contribution in [0.1, 0.15) is 58.3 Å². The fourth-order valence-corrected chi connectivity index (χ4v) is 1.79. The Morgan fingerprint density at radius 1 is 0.750 bits per heavy atom. The van der Waals surface area contributed by atoms with Gasteiger partial charge < -0.3 is 20.1 Å². The van der Waals surface area contributed by atoms with Gasteiger partial charge in [0.2, 0.25) is 0 Å². The van der Waals surface area contributed by atoms with Gasteiger partial charge in [0.05, 0.1) is 0 Å². The Kier molecular flexibility index (Phi) is 10.1. The fourth-order valence-electron chi connectivity index (χ4n) is 1.79. The van der Waals surface area contributed by atoms with Gasteiger partial charge in [-0.1, -0.05) is 58.3 Å². The molecular formula is C10H24B2O4. The Hall–Kier alpha value is -0.0301. The first-order valence-electron chi connectivity index (χ1n) is 6.31. The van der Waals surface area contributed by atoms with E-state index in [1.54, 1.807) is 0 Å². The third-order valence-corrected chi connectivity index (χ3v) is 2.91. The third-order valence-electron chi connectivity index (χ3n) is 2.91. The second kappa shape index (κ2) is 10.1. The molecule has 0 heterocycles. The molecule has 0 aliphatic rings. The Bertz CT molecular complexity index is 148. The van der Waals surface area contributed by atoms with Crippen molar-refractivity contribution in [1.29, 1.82) is 0 Å². The quantitative estimate of drug-likeness (QED) is 0.333. The molecule has 0 rings (SSSR count). The van der Waals surface area contributed by atoms with E-state index in [9.17, 15) is 0 Å². The van der Waals surface area contributed by atoms with Crippen molar-refractivity contribution in [1.82, 2.24) is 0 Å². The van der Waals surface area contributed by atoms with E-state index in [0.717, 1.165) is 19.3 Å². The van der Waals surface area contributed by atoms with Crippen molar-refractivity contribution < 1.29 is 20.1 Å². The molecule has 4 nitrogen and oxygen atoms in total. The first-order valence-corrected chi connectivity index (χ1v) is 6.31. The molecule has 94 valence electrons. The average Bonchev–Trinajstić information content (AvgIpc) is 2.21. The van der Waals surface area contributed by atoms with Gasteiger partial charge in [0.1, 0.15) is 0 Å². The lowest BCUT2D eigenvalue weighted by Crippen LogP contribution is -2.33. The molecule has 0 atom stereocenters. The first-order chi connectivity index (χ1) is 7.59. The maximum atomic E-state index is 8.89. The Morgan fingerprint density at radius 2 is 1.19 bits per heavy atom. The van der Waals surface area contributed by atoms with E-state index in [-0.39, 0.29) is 0 Å². The van der Waals surface area contributed by atoms with Crippen LogP contribution in [0.2, 0.25) is 5.72 Å². The molecule has 0 bridgehead atoms. The van der Waals surface area contributed by atoms with Crippen LogP contribution in [0.15, 0.2) is 0 Å². The summed E-state index contributed by atoms with van der Waals surface area (Å²) in [6.07, 6.45) is 8.38. The van der Waals surface area contributed by atoms with Gasteiger partial charge in [-0.15, -0.1) is 0 Å². The van der Waals surface area contributed by atoms with Crippen molar-refractivity contribution in [2.24, 2.45) is 0 Å². The van der Waals surface area contributed by atoms with Crippen molar-refractivity contribution in [2.75, 3.05) is 0 Å². The topological polar surface area (TPSA) is 80.9 Å². The summed E-state index contributed by atoms with van der Waals surface area (Å²) in [5, 5.41) is 35.6. The summed E-state index contributed by atoms with van der Waals surface area (Å²) in [5.74, 6) is 0. The zero-order valence-electron chi connectivity index (χ0n) is 10.2. The van der Waals surface area contributed by atoms with E-state index >= 15 is 0 Å². The van der Waals surface area contributed by atoms with Gasteiger partial charge in [0.25, 0.3) is 0 Å². The maximum Gasteiger partial charge on any atom is 0.452 e. The molecule has 0 aromatic carbocycles. The van der Waals surface area contributed by atoms with E-state index < -0.39 is 20.0 Å². The molecule has 16 heavy (non-hydrogen) atoms. The smallest absolute Gasteiger partial charge is 0.427 e. The highest BCUT2D eigenvalue weighted by Gasteiger charge is 2.33. The van der Waals surface area contributed by atoms with E-state index in [2.05, 4.69) is 6.92 Å². The summed E-state index contributed by atoms with van der Waals surface area (Å²) in [6.45, 7) is 2.18. The molecule has 0 saturated heterocycles. The maximum absolute atomic E-state index is 8.89. The highest BCUT2D eigenvalue weighted by Crippen LogP contribution is 2.19. The number of hydrogen-bond donors (Lipinski definition) is 4. The third kappa shape index (κ3) is 8.16. The van der Waals surface area contributed by atoms with Gasteiger partial charge >= 0.3 is 14.2 Å². The second-order valence-corrected chi connectivity index (χ2v) is 4.40. The van der Waals surface area contributed by atoms with E-state index in [1.807, 2.05) is 0 Å². The van der Waals surface area contributed by atoms with Crippen LogP contribution in [0, 0.1) is 0 Å². The molecule has 0 aromatic heterocycles. The van der Waals surface area contributed by atoms with Crippen molar-refractivity contribution in [3.63, 3.8) is 0 Å². The summed E-state index contributed by atoms with van der Waals surface area (Å²) in [4.78, 5) is 0. The minimum atomic E-state index is -1.64. The summed E-state index contributed by atoms with van der Waals surface area (Å²) in [5.41, 5.74) is -0.837. The zero-order valence-corrected chi connectivity index (χ0v) is 10.2. The molecule has 0 radical (unpaired) electrons. The highest BCUT2D eigenvalue weighted by molar-refractivity contribution is 6.64. The monoisotopic (exact) mass is 230 g/mol. The normalized spacial score (nSPS) is 10.9. The predicted octanol–water partition coefficient (Wildman–Crippen LogP) is 0.982. The molecule has 0 amide bonds. The van der Waals surface area contributed by atoms with Crippen LogP contribution in [-0.2, 0) is 0 Å². The lowest BCUT2D eigenvalue weighted by atomic mass is 9.51. The first kappa shape index (κ1) is 16.0. The molecule has 0 unspecified atom stereocenters. The van der Waals surface area contributed by atoms with Gasteiger partial charge in [-0.2, -0.15) is 0 Å². The molecule has 0 aromatic rings. The predicted molar refractivity (Wildman–Crippen MR) is 66.7 cm³/mol. The van der Waals surface area contributed by atoms with Gasteiger partial charge in [-0.25, -0.2) is 0 Å². The standard InChI is InChI=1S/C10H24B2O4/c1-2-3-4-5-6-7-8-9-10(11(13)14)12(15)16/h10,13-16H,2-9H2,1H3. The Labute approximate surface area is 99.0 Å². The molecule has 6 heteroatoms. The SMILES string of the molecule is CCCCCCCCCC(B(O)O)B(O)O. The highest BCUT2D eigenvalue weighted by atomic mass is 16.4. The Morgan fingerprint density at radius 3 is 1.62 bits per heavy atom. The van der Waals surface area contributed by atoms with Crippen molar-refractivity contribution in [2.45, 2.75) is 64.0 Å². The molecule has 0 spiro atoms. The second-order valence-electron chi connectivity index (χ2n) is 4.40. The van der Waals surface area contributed by atoms with Crippen LogP contribution < -0.4 is 0 Å². The molecular weight excluding hydrogens is 206 g/mol. The van der Waals surface area contributed by atoms with Crippen LogP contribution in [0.4, 0.5) is 0 Å². The van der Waals surface area contributed by atoms with Crippen molar-refractivity contribution >= 4 is 14.2 Å². The van der Waals surface area contributed by atoms with Crippen LogP contribution in [0.5, 0.6) is 0 Å². The number of rotatable bonds is 10. The van der Waals surface area contributed by atoms with Crippen LogP contribution in [-0.4, -0.2) is 34.3 Å². The van der Waals surface area contributed by atoms with E-state index in [0.29, 0.717) is 6.42 Å². The van der Waals surface area contributed by atoms with Gasteiger partial charge in [-0.3, -0.25) is 0 Å². The van der Waals surface area contributed by atoms with E-state index in [1.165, 1.54) is 25.7 Å². The lowest BCUT2D eigenvalue weighted by molar-refractivity contribution is 0.351. The zero-order chi connectivity index (χ0) is 12.4. The number of unbranched alkanes of at least 4 members (excludes halogenated alkanes) is 6. The summed E-state index contributed by atoms with van der Waals surface area (Å²) in [6, 6.07) is 0.